The summed E-state index contributed by atoms with van der Waals surface area (Å²) < 4.78 is 1.71. The maximum absolute atomic E-state index is 11.7. The van der Waals surface area contributed by atoms with Gasteiger partial charge in [-0.3, -0.25) is 9.48 Å². The van der Waals surface area contributed by atoms with E-state index >= 15 is 0 Å². The van der Waals surface area contributed by atoms with Gasteiger partial charge >= 0.3 is 0 Å². The van der Waals surface area contributed by atoms with Gasteiger partial charge in [-0.25, -0.2) is 0 Å². The molecule has 0 saturated carbocycles. The van der Waals surface area contributed by atoms with Crippen molar-refractivity contribution >= 4 is 17.4 Å². The molecule has 0 aromatic carbocycles. The SMILES string of the molecule is CCNCCC(=O)Cc1c(Cl)c(CC)nn1C. The molecule has 0 saturated heterocycles. The lowest BCUT2D eigenvalue weighted by Gasteiger charge is -2.03. The molecule has 1 aromatic heterocycles. The largest absolute Gasteiger partial charge is 0.317 e. The Morgan fingerprint density at radius 2 is 2.18 bits per heavy atom. The van der Waals surface area contributed by atoms with Gasteiger partial charge in [-0.05, 0) is 13.0 Å². The van der Waals surface area contributed by atoms with Crippen LogP contribution < -0.4 is 5.32 Å². The van der Waals surface area contributed by atoms with Gasteiger partial charge in [0.2, 0.25) is 0 Å². The van der Waals surface area contributed by atoms with Gasteiger partial charge in [0.1, 0.15) is 5.78 Å². The Bertz CT molecular complexity index is 387. The van der Waals surface area contributed by atoms with E-state index in [2.05, 4.69) is 10.4 Å². The van der Waals surface area contributed by atoms with Crippen LogP contribution in [0.5, 0.6) is 0 Å². The van der Waals surface area contributed by atoms with Crippen LogP contribution in [0.1, 0.15) is 31.7 Å². The first-order valence-corrected chi connectivity index (χ1v) is 6.40. The maximum Gasteiger partial charge on any atom is 0.140 e. The third kappa shape index (κ3) is 3.82. The predicted octanol–water partition coefficient (Wildman–Crippen LogP) is 1.75. The summed E-state index contributed by atoms with van der Waals surface area (Å²) in [4.78, 5) is 11.7. The molecule has 0 aliphatic carbocycles. The van der Waals surface area contributed by atoms with Gasteiger partial charge < -0.3 is 5.32 Å². The van der Waals surface area contributed by atoms with E-state index in [1.807, 2.05) is 20.9 Å². The summed E-state index contributed by atoms with van der Waals surface area (Å²) >= 11 is 6.18. The van der Waals surface area contributed by atoms with Crippen molar-refractivity contribution in [2.75, 3.05) is 13.1 Å². The molecule has 0 spiro atoms. The number of nitrogens with one attached hydrogen (secondary N) is 1. The van der Waals surface area contributed by atoms with E-state index in [-0.39, 0.29) is 5.78 Å². The molecule has 17 heavy (non-hydrogen) atoms. The summed E-state index contributed by atoms with van der Waals surface area (Å²) in [5.74, 6) is 0.193. The molecule has 1 rings (SSSR count). The fourth-order valence-electron chi connectivity index (χ4n) is 1.69. The second kappa shape index (κ2) is 6.77. The molecule has 1 N–H and O–H groups in total. The fourth-order valence-corrected chi connectivity index (χ4v) is 2.05. The number of rotatable bonds is 7. The average Bonchev–Trinajstić information content (AvgIpc) is 2.57. The number of hydrogen-bond acceptors (Lipinski definition) is 3. The van der Waals surface area contributed by atoms with Gasteiger partial charge in [0.15, 0.2) is 0 Å². The normalized spacial score (nSPS) is 10.8. The molecule has 0 atom stereocenters. The molecule has 96 valence electrons. The second-order valence-electron chi connectivity index (χ2n) is 4.00. The summed E-state index contributed by atoms with van der Waals surface area (Å²) in [5.41, 5.74) is 1.69. The van der Waals surface area contributed by atoms with Gasteiger partial charge in [0.05, 0.1) is 16.4 Å². The second-order valence-corrected chi connectivity index (χ2v) is 4.38. The first-order chi connectivity index (χ1) is 8.10. The molecule has 0 amide bonds. The average molecular weight is 258 g/mol. The summed E-state index contributed by atoms with van der Waals surface area (Å²) in [6, 6.07) is 0. The minimum absolute atomic E-state index is 0.193. The molecule has 4 nitrogen and oxygen atoms in total. The highest BCUT2D eigenvalue weighted by molar-refractivity contribution is 6.32. The Balaban J connectivity index is 2.62. The van der Waals surface area contributed by atoms with E-state index in [9.17, 15) is 4.79 Å². The zero-order valence-electron chi connectivity index (χ0n) is 10.7. The van der Waals surface area contributed by atoms with Crippen molar-refractivity contribution in [1.29, 1.82) is 0 Å². The Hall–Kier alpha value is -0.870. The number of carbonyl (C=O) groups is 1. The number of nitrogens with zero attached hydrogens (tertiary/aromatic N) is 2. The monoisotopic (exact) mass is 257 g/mol. The lowest BCUT2D eigenvalue weighted by Crippen LogP contribution is -2.19. The maximum atomic E-state index is 11.7. The number of Topliss-reactive ketones (excluding diaryl/α,β-unsaturated/α-hetero) is 1. The van der Waals surface area contributed by atoms with E-state index in [4.69, 9.17) is 11.6 Å². The number of carbonyl (C=O) groups excluding carboxylic acids is 1. The first-order valence-electron chi connectivity index (χ1n) is 6.02. The van der Waals surface area contributed by atoms with E-state index in [1.54, 1.807) is 4.68 Å². The quantitative estimate of drug-likeness (QED) is 0.757. The molecule has 0 unspecified atom stereocenters. The van der Waals surface area contributed by atoms with Crippen molar-refractivity contribution < 1.29 is 4.79 Å². The van der Waals surface area contributed by atoms with E-state index < -0.39 is 0 Å². The van der Waals surface area contributed by atoms with Crippen LogP contribution in [0.3, 0.4) is 0 Å². The van der Waals surface area contributed by atoms with E-state index in [0.29, 0.717) is 17.9 Å². The molecule has 1 heterocycles. The minimum Gasteiger partial charge on any atom is -0.317 e. The Kier molecular flexibility index (Phi) is 5.65. The minimum atomic E-state index is 0.193. The third-order valence-electron chi connectivity index (χ3n) is 2.70. The zero-order chi connectivity index (χ0) is 12.8. The van der Waals surface area contributed by atoms with Crippen molar-refractivity contribution in [3.63, 3.8) is 0 Å². The van der Waals surface area contributed by atoms with Gasteiger partial charge in [0, 0.05) is 26.4 Å². The van der Waals surface area contributed by atoms with Crippen molar-refractivity contribution in [3.8, 4) is 0 Å². The van der Waals surface area contributed by atoms with Gasteiger partial charge in [-0.1, -0.05) is 25.4 Å². The zero-order valence-corrected chi connectivity index (χ0v) is 11.5. The lowest BCUT2D eigenvalue weighted by molar-refractivity contribution is -0.118. The Labute approximate surface area is 107 Å². The number of aryl methyl sites for hydroxylation is 2. The van der Waals surface area contributed by atoms with Crippen molar-refractivity contribution in [2.45, 2.75) is 33.1 Å². The molecule has 0 aliphatic heterocycles. The molecule has 0 aliphatic rings. The van der Waals surface area contributed by atoms with Gasteiger partial charge in [-0.2, -0.15) is 5.10 Å². The van der Waals surface area contributed by atoms with Crippen molar-refractivity contribution in [2.24, 2.45) is 7.05 Å². The molecule has 1 aromatic rings. The molecular formula is C12H20ClN3O. The van der Waals surface area contributed by atoms with Crippen LogP contribution in [0, 0.1) is 0 Å². The standard InChI is InChI=1S/C12H20ClN3O/c1-4-10-12(13)11(16(3)15-10)8-9(17)6-7-14-5-2/h14H,4-8H2,1-3H3. The highest BCUT2D eigenvalue weighted by atomic mass is 35.5. The number of ketones is 1. The van der Waals surface area contributed by atoms with Crippen molar-refractivity contribution in [3.05, 3.63) is 16.4 Å². The number of halogens is 1. The molecule has 0 bridgehead atoms. The summed E-state index contributed by atoms with van der Waals surface area (Å²) in [5, 5.41) is 8.07. The molecular weight excluding hydrogens is 238 g/mol. The topological polar surface area (TPSA) is 46.9 Å². The Morgan fingerprint density at radius 1 is 1.47 bits per heavy atom. The van der Waals surface area contributed by atoms with Crippen LogP contribution in [-0.4, -0.2) is 28.7 Å². The Morgan fingerprint density at radius 3 is 2.71 bits per heavy atom. The summed E-state index contributed by atoms with van der Waals surface area (Å²) in [7, 11) is 1.83. The van der Waals surface area contributed by atoms with Crippen LogP contribution in [0.25, 0.3) is 0 Å². The number of aromatic nitrogens is 2. The predicted molar refractivity (Wildman–Crippen MR) is 69.5 cm³/mol. The first kappa shape index (κ1) is 14.2. The molecule has 0 fully saturated rings. The van der Waals surface area contributed by atoms with Crippen LogP contribution in [0.2, 0.25) is 5.02 Å². The highest BCUT2D eigenvalue weighted by Gasteiger charge is 2.15. The van der Waals surface area contributed by atoms with Gasteiger partial charge in [-0.15, -0.1) is 0 Å². The van der Waals surface area contributed by atoms with Crippen molar-refractivity contribution in [1.82, 2.24) is 15.1 Å². The summed E-state index contributed by atoms with van der Waals surface area (Å²) in [6.07, 6.45) is 1.70. The third-order valence-corrected chi connectivity index (χ3v) is 3.13. The highest BCUT2D eigenvalue weighted by Crippen LogP contribution is 2.21. The van der Waals surface area contributed by atoms with E-state index in [0.717, 1.165) is 30.9 Å². The van der Waals surface area contributed by atoms with Crippen LogP contribution in [0.15, 0.2) is 0 Å². The van der Waals surface area contributed by atoms with E-state index in [1.165, 1.54) is 0 Å². The number of hydrogen-bond donors (Lipinski definition) is 1. The summed E-state index contributed by atoms with van der Waals surface area (Å²) in [6.45, 7) is 5.64. The molecule has 5 heteroatoms. The van der Waals surface area contributed by atoms with Gasteiger partial charge in [0.25, 0.3) is 0 Å². The van der Waals surface area contributed by atoms with Crippen LogP contribution in [0.4, 0.5) is 0 Å². The smallest absolute Gasteiger partial charge is 0.140 e. The van der Waals surface area contributed by atoms with Crippen LogP contribution in [-0.2, 0) is 24.7 Å². The molecule has 0 radical (unpaired) electrons. The van der Waals surface area contributed by atoms with Crippen LogP contribution >= 0.6 is 11.6 Å². The fraction of sp³-hybridized carbons (Fsp3) is 0.667. The lowest BCUT2D eigenvalue weighted by atomic mass is 10.1.